The number of aromatic carboxylic acids is 1. The van der Waals surface area contributed by atoms with Gasteiger partial charge >= 0.3 is 5.97 Å². The first-order valence-electron chi connectivity index (χ1n) is 6.84. The summed E-state index contributed by atoms with van der Waals surface area (Å²) in [5.74, 6) is -0.996. The van der Waals surface area contributed by atoms with Gasteiger partial charge in [0, 0.05) is 11.7 Å². The van der Waals surface area contributed by atoms with Crippen molar-refractivity contribution in [1.82, 2.24) is 0 Å². The van der Waals surface area contributed by atoms with Crippen molar-refractivity contribution in [2.24, 2.45) is 0 Å². The molecule has 1 aromatic rings. The van der Waals surface area contributed by atoms with E-state index >= 15 is 0 Å². The Balaban J connectivity index is 2.52. The van der Waals surface area contributed by atoms with E-state index in [1.54, 1.807) is 12.1 Å². The maximum absolute atomic E-state index is 11.0. The van der Waals surface area contributed by atoms with Gasteiger partial charge < -0.3 is 10.4 Å². The van der Waals surface area contributed by atoms with Crippen molar-refractivity contribution in [3.05, 3.63) is 28.8 Å². The highest BCUT2D eigenvalue weighted by Crippen LogP contribution is 2.21. The van der Waals surface area contributed by atoms with E-state index in [0.717, 1.165) is 12.1 Å². The van der Waals surface area contributed by atoms with E-state index in [1.165, 1.54) is 25.7 Å². The number of carboxylic acids is 1. The molecule has 0 aromatic heterocycles. The Morgan fingerprint density at radius 2 is 2.11 bits per heavy atom. The smallest absolute Gasteiger partial charge is 0.337 e. The molecular weight excluding hydrogens is 262 g/mol. The van der Waals surface area contributed by atoms with Crippen molar-refractivity contribution < 1.29 is 9.90 Å². The monoisotopic (exact) mass is 283 g/mol. The van der Waals surface area contributed by atoms with Gasteiger partial charge in [-0.3, -0.25) is 0 Å². The van der Waals surface area contributed by atoms with Gasteiger partial charge in [-0.2, -0.15) is 0 Å². The quantitative estimate of drug-likeness (QED) is 0.673. The molecule has 0 saturated heterocycles. The first-order chi connectivity index (χ1) is 9.04. The second kappa shape index (κ2) is 8.05. The van der Waals surface area contributed by atoms with Crippen LogP contribution in [0.15, 0.2) is 18.2 Å². The number of anilines is 1. The van der Waals surface area contributed by atoms with Crippen LogP contribution in [0.4, 0.5) is 5.69 Å². The van der Waals surface area contributed by atoms with Crippen LogP contribution in [0.25, 0.3) is 0 Å². The lowest BCUT2D eigenvalue weighted by molar-refractivity contribution is 0.0697. The van der Waals surface area contributed by atoms with E-state index in [-0.39, 0.29) is 10.6 Å². The lowest BCUT2D eigenvalue weighted by Crippen LogP contribution is -2.15. The van der Waals surface area contributed by atoms with Gasteiger partial charge in [0.2, 0.25) is 0 Å². The van der Waals surface area contributed by atoms with Gasteiger partial charge in [-0.05, 0) is 31.5 Å². The zero-order valence-electron chi connectivity index (χ0n) is 11.6. The van der Waals surface area contributed by atoms with Gasteiger partial charge in [0.15, 0.2) is 0 Å². The van der Waals surface area contributed by atoms with Crippen LogP contribution >= 0.6 is 11.6 Å². The van der Waals surface area contributed by atoms with Gasteiger partial charge in [-0.15, -0.1) is 0 Å². The summed E-state index contributed by atoms with van der Waals surface area (Å²) in [7, 11) is 0. The Morgan fingerprint density at radius 3 is 2.74 bits per heavy atom. The molecule has 0 spiro atoms. The predicted molar refractivity (Wildman–Crippen MR) is 80.3 cm³/mol. The van der Waals surface area contributed by atoms with Crippen molar-refractivity contribution >= 4 is 23.3 Å². The molecule has 19 heavy (non-hydrogen) atoms. The maximum atomic E-state index is 11.0. The largest absolute Gasteiger partial charge is 0.478 e. The molecule has 2 N–H and O–H groups in total. The number of benzene rings is 1. The number of unbranched alkanes of at least 4 members (excludes halogenated alkanes) is 3. The van der Waals surface area contributed by atoms with Crippen LogP contribution in [0.3, 0.4) is 0 Å². The number of carboxylic acid groups (broad SMARTS) is 1. The minimum absolute atomic E-state index is 0.143. The van der Waals surface area contributed by atoms with Crippen LogP contribution in [0, 0.1) is 0 Å². The molecule has 106 valence electrons. The number of hydrogen-bond acceptors (Lipinski definition) is 2. The summed E-state index contributed by atoms with van der Waals surface area (Å²) in [6, 6.07) is 5.36. The fourth-order valence-corrected chi connectivity index (χ4v) is 2.21. The first kappa shape index (κ1) is 15.8. The lowest BCUT2D eigenvalue weighted by atomic mass is 10.1. The third-order valence-corrected chi connectivity index (χ3v) is 3.43. The Kier molecular flexibility index (Phi) is 6.71. The highest BCUT2D eigenvalue weighted by atomic mass is 35.5. The Morgan fingerprint density at radius 1 is 1.37 bits per heavy atom. The normalized spacial score (nSPS) is 12.2. The average molecular weight is 284 g/mol. The van der Waals surface area contributed by atoms with Crippen LogP contribution in [-0.2, 0) is 0 Å². The number of carbonyl (C=O) groups is 1. The van der Waals surface area contributed by atoms with Gasteiger partial charge in [-0.25, -0.2) is 4.79 Å². The topological polar surface area (TPSA) is 49.3 Å². The molecule has 0 fully saturated rings. The number of rotatable bonds is 8. The molecule has 1 unspecified atom stereocenters. The predicted octanol–water partition coefficient (Wildman–Crippen LogP) is 4.81. The van der Waals surface area contributed by atoms with Crippen molar-refractivity contribution in [3.8, 4) is 0 Å². The summed E-state index contributed by atoms with van der Waals surface area (Å²) in [5.41, 5.74) is 0.953. The minimum Gasteiger partial charge on any atom is -0.478 e. The fraction of sp³-hybridized carbons (Fsp3) is 0.533. The molecule has 0 aliphatic heterocycles. The first-order valence-corrected chi connectivity index (χ1v) is 7.21. The van der Waals surface area contributed by atoms with Gasteiger partial charge in [0.1, 0.15) is 0 Å². The molecule has 0 aliphatic rings. The molecule has 0 bridgehead atoms. The third-order valence-electron chi connectivity index (χ3n) is 3.10. The van der Waals surface area contributed by atoms with Crippen LogP contribution < -0.4 is 5.32 Å². The standard InChI is InChI=1S/C15H22ClNO2/c1-3-4-5-6-7-11(2)17-12-8-9-14(16)13(10-12)15(18)19/h8-11,17H,3-7H2,1-2H3,(H,18,19). The highest BCUT2D eigenvalue weighted by molar-refractivity contribution is 6.33. The molecule has 1 aromatic carbocycles. The molecule has 0 amide bonds. The number of nitrogens with one attached hydrogen (secondary N) is 1. The molecule has 1 atom stereocenters. The molecule has 3 nitrogen and oxygen atoms in total. The van der Waals surface area contributed by atoms with E-state index in [0.29, 0.717) is 6.04 Å². The van der Waals surface area contributed by atoms with Crippen LogP contribution in [0.5, 0.6) is 0 Å². The molecular formula is C15H22ClNO2. The average Bonchev–Trinajstić information content (AvgIpc) is 2.36. The van der Waals surface area contributed by atoms with E-state index in [9.17, 15) is 4.79 Å². The summed E-state index contributed by atoms with van der Waals surface area (Å²) < 4.78 is 0. The molecule has 1 rings (SSSR count). The Labute approximate surface area is 120 Å². The van der Waals surface area contributed by atoms with Crippen molar-refractivity contribution in [1.29, 1.82) is 0 Å². The summed E-state index contributed by atoms with van der Waals surface area (Å²) in [5, 5.41) is 12.6. The van der Waals surface area contributed by atoms with E-state index in [1.807, 2.05) is 6.07 Å². The summed E-state index contributed by atoms with van der Waals surface area (Å²) in [4.78, 5) is 11.0. The van der Waals surface area contributed by atoms with Crippen molar-refractivity contribution in [2.45, 2.75) is 52.0 Å². The second-order valence-corrected chi connectivity index (χ2v) is 5.30. The zero-order chi connectivity index (χ0) is 14.3. The van der Waals surface area contributed by atoms with Crippen molar-refractivity contribution in [3.63, 3.8) is 0 Å². The molecule has 4 heteroatoms. The molecule has 0 saturated carbocycles. The molecule has 0 heterocycles. The fourth-order valence-electron chi connectivity index (χ4n) is 2.01. The van der Waals surface area contributed by atoms with Crippen molar-refractivity contribution in [2.75, 3.05) is 5.32 Å². The summed E-state index contributed by atoms with van der Waals surface area (Å²) in [6.45, 7) is 4.31. The Hall–Kier alpha value is -1.22. The van der Waals surface area contributed by atoms with Crippen LogP contribution in [-0.4, -0.2) is 17.1 Å². The van der Waals surface area contributed by atoms with E-state index < -0.39 is 5.97 Å². The van der Waals surface area contributed by atoms with Gasteiger partial charge in [0.25, 0.3) is 0 Å². The number of hydrogen-bond donors (Lipinski definition) is 2. The van der Waals surface area contributed by atoms with Gasteiger partial charge in [-0.1, -0.05) is 44.2 Å². The van der Waals surface area contributed by atoms with Crippen LogP contribution in [0.2, 0.25) is 5.02 Å². The number of halogens is 1. The van der Waals surface area contributed by atoms with Crippen LogP contribution in [0.1, 0.15) is 56.3 Å². The van der Waals surface area contributed by atoms with E-state index in [4.69, 9.17) is 16.7 Å². The summed E-state index contributed by atoms with van der Waals surface area (Å²) >= 11 is 5.84. The zero-order valence-corrected chi connectivity index (χ0v) is 12.3. The molecule has 0 radical (unpaired) electrons. The Bertz CT molecular complexity index is 421. The van der Waals surface area contributed by atoms with Gasteiger partial charge in [0.05, 0.1) is 10.6 Å². The summed E-state index contributed by atoms with van der Waals surface area (Å²) in [6.07, 6.45) is 6.05. The maximum Gasteiger partial charge on any atom is 0.337 e. The SMILES string of the molecule is CCCCCCC(C)Nc1ccc(Cl)c(C(=O)O)c1. The highest BCUT2D eigenvalue weighted by Gasteiger charge is 2.10. The third kappa shape index (κ3) is 5.52. The lowest BCUT2D eigenvalue weighted by Gasteiger charge is -2.15. The minimum atomic E-state index is -0.996. The van der Waals surface area contributed by atoms with E-state index in [2.05, 4.69) is 19.2 Å². The second-order valence-electron chi connectivity index (χ2n) is 4.89. The molecule has 0 aliphatic carbocycles.